The second kappa shape index (κ2) is 4.00. The Balaban J connectivity index is 2.00. The molecule has 2 aliphatic heterocycles. The van der Waals surface area contributed by atoms with Crippen LogP contribution in [0.1, 0.15) is 19.3 Å². The molecule has 0 amide bonds. The summed E-state index contributed by atoms with van der Waals surface area (Å²) >= 11 is 0. The molecule has 5 nitrogen and oxygen atoms in total. The van der Waals surface area contributed by atoms with Crippen LogP contribution in [-0.2, 0) is 19.4 Å². The van der Waals surface area contributed by atoms with Crippen molar-refractivity contribution in [2.45, 2.75) is 25.3 Å². The zero-order valence-corrected chi connectivity index (χ0v) is 10.2. The number of ether oxygens (including phenoxy) is 1. The van der Waals surface area contributed by atoms with Gasteiger partial charge in [-0.1, -0.05) is 0 Å². The average Bonchev–Trinajstić information content (AvgIpc) is 2.67. The van der Waals surface area contributed by atoms with E-state index in [2.05, 4.69) is 10.1 Å². The predicted molar refractivity (Wildman–Crippen MR) is 58.7 cm³/mol. The van der Waals surface area contributed by atoms with E-state index in [1.165, 1.54) is 7.11 Å². The van der Waals surface area contributed by atoms with E-state index in [0.717, 1.165) is 6.54 Å². The van der Waals surface area contributed by atoms with Gasteiger partial charge in [-0.25, -0.2) is 8.42 Å². The number of hydrogen-bond donors (Lipinski definition) is 1. The molecule has 2 rings (SSSR count). The number of rotatable bonds is 1. The predicted octanol–water partition coefficient (Wildman–Crippen LogP) is -0.284. The van der Waals surface area contributed by atoms with Crippen molar-refractivity contribution in [2.75, 3.05) is 25.2 Å². The van der Waals surface area contributed by atoms with Crippen molar-refractivity contribution >= 4 is 15.8 Å². The fourth-order valence-corrected chi connectivity index (χ4v) is 4.27. The lowest BCUT2D eigenvalue weighted by Crippen LogP contribution is -2.35. The Morgan fingerprint density at radius 3 is 2.56 bits per heavy atom. The second-order valence-electron chi connectivity index (χ2n) is 4.81. The van der Waals surface area contributed by atoms with E-state index in [1.807, 2.05) is 0 Å². The Morgan fingerprint density at radius 1 is 1.38 bits per heavy atom. The highest BCUT2D eigenvalue weighted by atomic mass is 32.2. The maximum Gasteiger partial charge on any atom is 0.322 e. The van der Waals surface area contributed by atoms with Crippen molar-refractivity contribution in [3.8, 4) is 0 Å². The Morgan fingerprint density at radius 2 is 2.00 bits per heavy atom. The lowest BCUT2D eigenvalue weighted by Gasteiger charge is -2.32. The van der Waals surface area contributed by atoms with Crippen LogP contribution in [0, 0.1) is 5.41 Å². The fourth-order valence-electron chi connectivity index (χ4n) is 2.58. The monoisotopic (exact) mass is 247 g/mol. The topological polar surface area (TPSA) is 72.5 Å². The van der Waals surface area contributed by atoms with Gasteiger partial charge in [0.15, 0.2) is 0 Å². The van der Waals surface area contributed by atoms with Gasteiger partial charge in [-0.2, -0.15) is 0 Å². The summed E-state index contributed by atoms with van der Waals surface area (Å²) in [5, 5.41) is 3.13. The van der Waals surface area contributed by atoms with E-state index in [0.29, 0.717) is 19.3 Å². The third-order valence-corrected chi connectivity index (χ3v) is 5.39. The normalized spacial score (nSPS) is 31.4. The second-order valence-corrected chi connectivity index (χ2v) is 7.12. The summed E-state index contributed by atoms with van der Waals surface area (Å²) in [6.07, 6.45) is 2.03. The molecule has 2 saturated heterocycles. The summed E-state index contributed by atoms with van der Waals surface area (Å²) < 4.78 is 27.4. The summed E-state index contributed by atoms with van der Waals surface area (Å²) in [4.78, 5) is 11.4. The number of carbonyl (C=O) groups excluding carboxylic acids is 1. The molecule has 0 aromatic rings. The molecular weight excluding hydrogens is 230 g/mol. The molecule has 0 aromatic heterocycles. The molecule has 1 unspecified atom stereocenters. The number of methoxy groups -OCH3 is 1. The third kappa shape index (κ3) is 2.22. The zero-order valence-electron chi connectivity index (χ0n) is 9.36. The van der Waals surface area contributed by atoms with Gasteiger partial charge in [0.1, 0.15) is 15.9 Å². The van der Waals surface area contributed by atoms with Crippen LogP contribution in [0.25, 0.3) is 0 Å². The number of hydrogen-bond acceptors (Lipinski definition) is 5. The largest absolute Gasteiger partial charge is 0.468 e. The van der Waals surface area contributed by atoms with Crippen LogP contribution in [0.2, 0.25) is 0 Å². The maximum atomic E-state index is 11.4. The molecule has 0 saturated carbocycles. The molecule has 16 heavy (non-hydrogen) atoms. The minimum absolute atomic E-state index is 0.00975. The van der Waals surface area contributed by atoms with Crippen LogP contribution in [0.4, 0.5) is 0 Å². The van der Waals surface area contributed by atoms with Crippen LogP contribution in [-0.4, -0.2) is 45.6 Å². The van der Waals surface area contributed by atoms with Gasteiger partial charge in [0.2, 0.25) is 0 Å². The standard InChI is InChI=1S/C10H17NO4S/c1-15-9(12)8-6-10(7-11-8)2-4-16(13,14)5-3-10/h8,11H,2-7H2,1H3. The van der Waals surface area contributed by atoms with Crippen molar-refractivity contribution in [3.05, 3.63) is 0 Å². The number of esters is 1. The molecule has 2 fully saturated rings. The first-order valence-corrected chi connectivity index (χ1v) is 7.30. The Labute approximate surface area is 95.5 Å². The Kier molecular flexibility index (Phi) is 2.96. The Hall–Kier alpha value is -0.620. The highest BCUT2D eigenvalue weighted by Crippen LogP contribution is 2.40. The molecule has 0 radical (unpaired) electrons. The van der Waals surface area contributed by atoms with E-state index in [9.17, 15) is 13.2 Å². The van der Waals surface area contributed by atoms with Gasteiger partial charge in [-0.3, -0.25) is 4.79 Å². The van der Waals surface area contributed by atoms with Gasteiger partial charge in [0.25, 0.3) is 0 Å². The molecular formula is C10H17NO4S. The van der Waals surface area contributed by atoms with Gasteiger partial charge in [0, 0.05) is 6.54 Å². The van der Waals surface area contributed by atoms with Crippen LogP contribution in [0.15, 0.2) is 0 Å². The minimum atomic E-state index is -2.83. The number of nitrogens with one attached hydrogen (secondary N) is 1. The van der Waals surface area contributed by atoms with E-state index in [4.69, 9.17) is 0 Å². The summed E-state index contributed by atoms with van der Waals surface area (Å²) in [6.45, 7) is 0.724. The number of sulfone groups is 1. The first-order chi connectivity index (χ1) is 7.46. The zero-order chi connectivity index (χ0) is 11.8. The van der Waals surface area contributed by atoms with Gasteiger partial charge in [0.05, 0.1) is 18.6 Å². The molecule has 2 aliphatic rings. The van der Waals surface area contributed by atoms with E-state index < -0.39 is 9.84 Å². The molecule has 1 N–H and O–H groups in total. The third-order valence-electron chi connectivity index (χ3n) is 3.73. The Bertz CT molecular complexity index is 376. The molecule has 0 aromatic carbocycles. The van der Waals surface area contributed by atoms with Crippen molar-refractivity contribution in [2.24, 2.45) is 5.41 Å². The molecule has 2 heterocycles. The smallest absolute Gasteiger partial charge is 0.322 e. The van der Waals surface area contributed by atoms with E-state index >= 15 is 0 Å². The summed E-state index contributed by atoms with van der Waals surface area (Å²) in [6, 6.07) is -0.259. The van der Waals surface area contributed by atoms with Gasteiger partial charge >= 0.3 is 5.97 Å². The summed E-state index contributed by atoms with van der Waals surface area (Å²) in [7, 11) is -1.46. The van der Waals surface area contributed by atoms with E-state index in [1.54, 1.807) is 0 Å². The summed E-state index contributed by atoms with van der Waals surface area (Å²) in [5.41, 5.74) is -0.00975. The lowest BCUT2D eigenvalue weighted by molar-refractivity contribution is -0.142. The van der Waals surface area contributed by atoms with E-state index in [-0.39, 0.29) is 28.9 Å². The molecule has 0 aliphatic carbocycles. The molecule has 0 bridgehead atoms. The summed E-state index contributed by atoms with van der Waals surface area (Å²) in [5.74, 6) is 0.260. The van der Waals surface area contributed by atoms with Crippen molar-refractivity contribution in [1.29, 1.82) is 0 Å². The van der Waals surface area contributed by atoms with Crippen molar-refractivity contribution in [1.82, 2.24) is 5.32 Å². The van der Waals surface area contributed by atoms with Crippen molar-refractivity contribution < 1.29 is 17.9 Å². The van der Waals surface area contributed by atoms with Crippen LogP contribution < -0.4 is 5.32 Å². The minimum Gasteiger partial charge on any atom is -0.468 e. The maximum absolute atomic E-state index is 11.4. The highest BCUT2D eigenvalue weighted by Gasteiger charge is 2.45. The first kappa shape index (κ1) is 11.9. The fraction of sp³-hybridized carbons (Fsp3) is 0.900. The molecule has 92 valence electrons. The molecule has 1 atom stereocenters. The van der Waals surface area contributed by atoms with Crippen LogP contribution in [0.5, 0.6) is 0 Å². The average molecular weight is 247 g/mol. The quantitative estimate of drug-likeness (QED) is 0.645. The van der Waals surface area contributed by atoms with Crippen LogP contribution >= 0.6 is 0 Å². The number of carbonyl (C=O) groups is 1. The van der Waals surface area contributed by atoms with Crippen LogP contribution in [0.3, 0.4) is 0 Å². The molecule has 6 heteroatoms. The SMILES string of the molecule is COC(=O)C1CC2(CCS(=O)(=O)CC2)CN1. The van der Waals surface area contributed by atoms with Crippen molar-refractivity contribution in [3.63, 3.8) is 0 Å². The van der Waals surface area contributed by atoms with Gasteiger partial charge in [-0.05, 0) is 24.7 Å². The van der Waals surface area contributed by atoms with Gasteiger partial charge in [-0.15, -0.1) is 0 Å². The first-order valence-electron chi connectivity index (χ1n) is 5.48. The molecule has 1 spiro atoms. The highest BCUT2D eigenvalue weighted by molar-refractivity contribution is 7.91. The lowest BCUT2D eigenvalue weighted by atomic mass is 9.80. The van der Waals surface area contributed by atoms with Gasteiger partial charge < -0.3 is 10.1 Å².